The van der Waals surface area contributed by atoms with E-state index in [0.717, 1.165) is 11.1 Å². The van der Waals surface area contributed by atoms with Crippen LogP contribution < -0.4 is 14.8 Å². The highest BCUT2D eigenvalue weighted by Gasteiger charge is 2.26. The molecule has 1 heterocycles. The second-order valence-electron chi connectivity index (χ2n) is 7.07. The fraction of sp³-hybridized carbons (Fsp3) is 0.217. The van der Waals surface area contributed by atoms with Crippen LogP contribution in [0.1, 0.15) is 16.7 Å². The zero-order chi connectivity index (χ0) is 22.3. The number of benzene rings is 2. The molecule has 0 saturated heterocycles. The number of carbonyl (C=O) groups is 1. The number of methoxy groups -OCH3 is 1. The number of nitrogens with one attached hydrogen (secondary N) is 2. The SMILES string of the molecule is COc1ccc(S(=O)(=O)N[C@@H](Cc2ccccc2)C(=O)NCc2ccncc2)cc1C. The van der Waals surface area contributed by atoms with Gasteiger partial charge in [-0.3, -0.25) is 9.78 Å². The van der Waals surface area contributed by atoms with Crippen molar-refractivity contribution in [3.63, 3.8) is 0 Å². The van der Waals surface area contributed by atoms with Crippen LogP contribution in [-0.4, -0.2) is 32.5 Å². The van der Waals surface area contributed by atoms with Gasteiger partial charge in [0.15, 0.2) is 0 Å². The average molecular weight is 440 g/mol. The second-order valence-corrected chi connectivity index (χ2v) is 8.78. The lowest BCUT2D eigenvalue weighted by Crippen LogP contribution is -2.47. The van der Waals surface area contributed by atoms with E-state index < -0.39 is 22.0 Å². The van der Waals surface area contributed by atoms with Crippen molar-refractivity contribution in [1.29, 1.82) is 0 Å². The van der Waals surface area contributed by atoms with Crippen LogP contribution in [0.15, 0.2) is 78.0 Å². The second kappa shape index (κ2) is 10.2. The molecule has 31 heavy (non-hydrogen) atoms. The lowest BCUT2D eigenvalue weighted by Gasteiger charge is -2.19. The Kier molecular flexibility index (Phi) is 7.38. The highest BCUT2D eigenvalue weighted by atomic mass is 32.2. The third-order valence-corrected chi connectivity index (χ3v) is 6.26. The van der Waals surface area contributed by atoms with Gasteiger partial charge < -0.3 is 10.1 Å². The average Bonchev–Trinajstić information content (AvgIpc) is 2.78. The van der Waals surface area contributed by atoms with Crippen molar-refractivity contribution >= 4 is 15.9 Å². The predicted octanol–water partition coefficient (Wildman–Crippen LogP) is 2.60. The normalized spacial score (nSPS) is 12.2. The molecule has 0 aliphatic rings. The topological polar surface area (TPSA) is 97.4 Å². The van der Waals surface area contributed by atoms with E-state index in [1.807, 2.05) is 30.3 Å². The van der Waals surface area contributed by atoms with E-state index in [1.165, 1.54) is 19.2 Å². The molecular formula is C23H25N3O4S. The molecule has 0 aliphatic heterocycles. The van der Waals surface area contributed by atoms with E-state index in [-0.39, 0.29) is 17.9 Å². The van der Waals surface area contributed by atoms with Crippen molar-refractivity contribution in [2.24, 2.45) is 0 Å². The van der Waals surface area contributed by atoms with Crippen LogP contribution in [0.5, 0.6) is 5.75 Å². The van der Waals surface area contributed by atoms with Crippen LogP contribution >= 0.6 is 0 Å². The molecule has 7 nitrogen and oxygen atoms in total. The number of nitrogens with zero attached hydrogens (tertiary/aromatic N) is 1. The summed E-state index contributed by atoms with van der Waals surface area (Å²) < 4.78 is 33.8. The van der Waals surface area contributed by atoms with Crippen LogP contribution in [0.25, 0.3) is 0 Å². The van der Waals surface area contributed by atoms with Gasteiger partial charge in [0, 0.05) is 18.9 Å². The number of pyridine rings is 1. The van der Waals surface area contributed by atoms with Crippen molar-refractivity contribution in [3.8, 4) is 5.75 Å². The van der Waals surface area contributed by atoms with E-state index in [1.54, 1.807) is 37.5 Å². The fourth-order valence-corrected chi connectivity index (χ4v) is 4.40. The first-order valence-corrected chi connectivity index (χ1v) is 11.2. The molecule has 0 saturated carbocycles. The van der Waals surface area contributed by atoms with Crippen LogP contribution in [0.2, 0.25) is 0 Å². The molecule has 0 aliphatic carbocycles. The van der Waals surface area contributed by atoms with E-state index >= 15 is 0 Å². The number of hydrogen-bond acceptors (Lipinski definition) is 5. The molecule has 3 aromatic rings. The fourth-order valence-electron chi connectivity index (χ4n) is 3.12. The van der Waals surface area contributed by atoms with Crippen LogP contribution in [0, 0.1) is 6.92 Å². The number of hydrogen-bond donors (Lipinski definition) is 2. The summed E-state index contributed by atoms with van der Waals surface area (Å²) in [5, 5.41) is 2.81. The molecule has 1 aromatic heterocycles. The summed E-state index contributed by atoms with van der Waals surface area (Å²) in [6, 6.07) is 16.5. The van der Waals surface area contributed by atoms with Gasteiger partial charge in [-0.15, -0.1) is 0 Å². The highest BCUT2D eigenvalue weighted by Crippen LogP contribution is 2.21. The number of aryl methyl sites for hydroxylation is 1. The van der Waals surface area contributed by atoms with Gasteiger partial charge in [-0.05, 0) is 60.4 Å². The monoisotopic (exact) mass is 439 g/mol. The van der Waals surface area contributed by atoms with Crippen molar-refractivity contribution in [1.82, 2.24) is 15.0 Å². The number of sulfonamides is 1. The van der Waals surface area contributed by atoms with Gasteiger partial charge in [0.05, 0.1) is 12.0 Å². The number of ether oxygens (including phenoxy) is 1. The Morgan fingerprint density at radius 2 is 1.74 bits per heavy atom. The molecule has 1 amide bonds. The van der Waals surface area contributed by atoms with Gasteiger partial charge in [-0.25, -0.2) is 8.42 Å². The lowest BCUT2D eigenvalue weighted by atomic mass is 10.1. The minimum absolute atomic E-state index is 0.0748. The standard InChI is InChI=1S/C23H25N3O4S/c1-17-14-20(8-9-22(17)30-2)31(28,29)26-21(15-18-6-4-3-5-7-18)23(27)25-16-19-10-12-24-13-11-19/h3-14,21,26H,15-16H2,1-2H3,(H,25,27)/t21-/m0/s1. The molecular weight excluding hydrogens is 414 g/mol. The molecule has 1 atom stereocenters. The van der Waals surface area contributed by atoms with Gasteiger partial charge in [-0.1, -0.05) is 30.3 Å². The molecule has 8 heteroatoms. The molecule has 0 radical (unpaired) electrons. The van der Waals surface area contributed by atoms with E-state index in [4.69, 9.17) is 4.74 Å². The molecule has 2 N–H and O–H groups in total. The third-order valence-electron chi connectivity index (χ3n) is 4.79. The molecule has 0 bridgehead atoms. The van der Waals surface area contributed by atoms with Crippen molar-refractivity contribution in [3.05, 3.63) is 89.7 Å². The van der Waals surface area contributed by atoms with E-state index in [2.05, 4.69) is 15.0 Å². The summed E-state index contributed by atoms with van der Waals surface area (Å²) in [4.78, 5) is 17.0. The first kappa shape index (κ1) is 22.5. The summed E-state index contributed by atoms with van der Waals surface area (Å²) in [7, 11) is -2.41. The predicted molar refractivity (Wildman–Crippen MR) is 118 cm³/mol. The summed E-state index contributed by atoms with van der Waals surface area (Å²) in [6.45, 7) is 2.04. The largest absolute Gasteiger partial charge is 0.496 e. The van der Waals surface area contributed by atoms with Crippen LogP contribution in [0.3, 0.4) is 0 Å². The Hall–Kier alpha value is -3.23. The smallest absolute Gasteiger partial charge is 0.241 e. The Morgan fingerprint density at radius 1 is 1.03 bits per heavy atom. The Bertz CT molecular complexity index is 1120. The Morgan fingerprint density at radius 3 is 2.39 bits per heavy atom. The third kappa shape index (κ3) is 6.13. The molecule has 2 aromatic carbocycles. The lowest BCUT2D eigenvalue weighted by molar-refractivity contribution is -0.122. The molecule has 3 rings (SSSR count). The number of amides is 1. The quantitative estimate of drug-likeness (QED) is 0.534. The summed E-state index contributed by atoms with van der Waals surface area (Å²) in [5.74, 6) is 0.185. The van der Waals surface area contributed by atoms with Crippen molar-refractivity contribution < 1.29 is 17.9 Å². The molecule has 0 spiro atoms. The first-order chi connectivity index (χ1) is 14.9. The zero-order valence-electron chi connectivity index (χ0n) is 17.4. The highest BCUT2D eigenvalue weighted by molar-refractivity contribution is 7.89. The van der Waals surface area contributed by atoms with Gasteiger partial charge in [0.25, 0.3) is 0 Å². The first-order valence-electron chi connectivity index (χ1n) is 9.76. The Balaban J connectivity index is 1.81. The Labute approximate surface area is 182 Å². The van der Waals surface area contributed by atoms with E-state index in [0.29, 0.717) is 11.3 Å². The summed E-state index contributed by atoms with van der Waals surface area (Å²) in [5.41, 5.74) is 2.41. The van der Waals surface area contributed by atoms with Gasteiger partial charge in [-0.2, -0.15) is 4.72 Å². The number of carbonyl (C=O) groups excluding carboxylic acids is 1. The van der Waals surface area contributed by atoms with Crippen LogP contribution in [0.4, 0.5) is 0 Å². The zero-order valence-corrected chi connectivity index (χ0v) is 18.2. The molecule has 0 unspecified atom stereocenters. The van der Waals surface area contributed by atoms with E-state index in [9.17, 15) is 13.2 Å². The summed E-state index contributed by atoms with van der Waals surface area (Å²) >= 11 is 0. The van der Waals surface area contributed by atoms with Crippen molar-refractivity contribution in [2.45, 2.75) is 30.8 Å². The molecule has 0 fully saturated rings. The maximum absolute atomic E-state index is 13.0. The van der Waals surface area contributed by atoms with Gasteiger partial charge in [0.2, 0.25) is 15.9 Å². The van der Waals surface area contributed by atoms with Gasteiger partial charge >= 0.3 is 0 Å². The maximum Gasteiger partial charge on any atom is 0.241 e. The van der Waals surface area contributed by atoms with Crippen LogP contribution in [-0.2, 0) is 27.8 Å². The number of aromatic nitrogens is 1. The molecule has 162 valence electrons. The van der Waals surface area contributed by atoms with Gasteiger partial charge in [0.1, 0.15) is 11.8 Å². The number of rotatable bonds is 9. The maximum atomic E-state index is 13.0. The summed E-state index contributed by atoms with van der Waals surface area (Å²) in [6.07, 6.45) is 3.49. The minimum Gasteiger partial charge on any atom is -0.496 e. The minimum atomic E-state index is -3.93. The van der Waals surface area contributed by atoms with Crippen molar-refractivity contribution in [2.75, 3.05) is 7.11 Å².